The molecule has 19 heavy (non-hydrogen) atoms. The van der Waals surface area contributed by atoms with E-state index >= 15 is 0 Å². The Kier molecular flexibility index (Phi) is 4.24. The number of aromatic nitrogens is 2. The fraction of sp³-hybridized carbons (Fsp3) is 0.714. The van der Waals surface area contributed by atoms with Gasteiger partial charge in [0.25, 0.3) is 5.91 Å². The molecule has 1 heterocycles. The predicted molar refractivity (Wildman–Crippen MR) is 74.9 cm³/mol. The molecule has 1 amide bonds. The molecule has 1 aromatic heterocycles. The summed E-state index contributed by atoms with van der Waals surface area (Å²) in [5, 5.41) is 7.14. The Morgan fingerprint density at radius 3 is 2.68 bits per heavy atom. The monoisotopic (exact) mass is 264 g/mol. The maximum atomic E-state index is 12.2. The van der Waals surface area contributed by atoms with Crippen LogP contribution in [-0.4, -0.2) is 28.8 Å². The van der Waals surface area contributed by atoms with Gasteiger partial charge < -0.3 is 11.1 Å². The third-order valence-corrected chi connectivity index (χ3v) is 4.45. The first-order valence-electron chi connectivity index (χ1n) is 7.05. The molecule has 1 saturated carbocycles. The molecule has 0 aromatic carbocycles. The molecule has 0 saturated heterocycles. The summed E-state index contributed by atoms with van der Waals surface area (Å²) in [4.78, 5) is 12.2. The summed E-state index contributed by atoms with van der Waals surface area (Å²) in [6.45, 7) is 3.23. The maximum absolute atomic E-state index is 12.2. The number of nitrogens with one attached hydrogen (secondary N) is 1. The van der Waals surface area contributed by atoms with Gasteiger partial charge >= 0.3 is 0 Å². The largest absolute Gasteiger partial charge is 0.351 e. The molecule has 1 aromatic rings. The average molecular weight is 264 g/mol. The van der Waals surface area contributed by atoms with E-state index in [1.165, 1.54) is 19.3 Å². The molecule has 0 unspecified atom stereocenters. The van der Waals surface area contributed by atoms with Crippen molar-refractivity contribution in [2.45, 2.75) is 39.0 Å². The van der Waals surface area contributed by atoms with Crippen LogP contribution in [0.25, 0.3) is 0 Å². The number of carbonyl (C=O) groups excluding carboxylic acids is 1. The Morgan fingerprint density at radius 2 is 2.16 bits per heavy atom. The lowest BCUT2D eigenvalue weighted by atomic mass is 9.74. The molecule has 3 N–H and O–H groups in total. The van der Waals surface area contributed by atoms with Gasteiger partial charge in [-0.1, -0.05) is 19.3 Å². The van der Waals surface area contributed by atoms with Crippen LogP contribution in [0.1, 0.15) is 48.2 Å². The van der Waals surface area contributed by atoms with Gasteiger partial charge in [0.05, 0.1) is 11.8 Å². The fourth-order valence-corrected chi connectivity index (χ4v) is 2.84. The Bertz CT molecular complexity index is 446. The van der Waals surface area contributed by atoms with Crippen molar-refractivity contribution >= 4 is 5.91 Å². The topological polar surface area (TPSA) is 72.9 Å². The fourth-order valence-electron chi connectivity index (χ4n) is 2.84. The van der Waals surface area contributed by atoms with Crippen LogP contribution in [0.4, 0.5) is 0 Å². The summed E-state index contributed by atoms with van der Waals surface area (Å²) in [7, 11) is 1.84. The predicted octanol–water partition coefficient (Wildman–Crippen LogP) is 1.37. The first-order valence-corrected chi connectivity index (χ1v) is 7.05. The van der Waals surface area contributed by atoms with E-state index < -0.39 is 0 Å². The SMILES string of the molecule is Cc1c(C(=O)NCC2(CN)CCCCC2)cnn1C. The van der Waals surface area contributed by atoms with Crippen molar-refractivity contribution in [3.05, 3.63) is 17.5 Å². The van der Waals surface area contributed by atoms with Gasteiger partial charge in [-0.2, -0.15) is 5.10 Å². The zero-order valence-corrected chi connectivity index (χ0v) is 11.9. The summed E-state index contributed by atoms with van der Waals surface area (Å²) in [5.41, 5.74) is 7.58. The van der Waals surface area contributed by atoms with Crippen molar-refractivity contribution < 1.29 is 4.79 Å². The molecular formula is C14H24N4O. The minimum absolute atomic E-state index is 0.0380. The Balaban J connectivity index is 1.97. The molecule has 106 valence electrons. The molecule has 0 bridgehead atoms. The number of hydrogen-bond donors (Lipinski definition) is 2. The second-order valence-corrected chi connectivity index (χ2v) is 5.71. The van der Waals surface area contributed by atoms with Gasteiger partial charge in [0.15, 0.2) is 0 Å². The Labute approximate surface area is 114 Å². The van der Waals surface area contributed by atoms with Crippen LogP contribution in [0.15, 0.2) is 6.20 Å². The maximum Gasteiger partial charge on any atom is 0.254 e. The summed E-state index contributed by atoms with van der Waals surface area (Å²) < 4.78 is 1.72. The molecule has 2 rings (SSSR count). The van der Waals surface area contributed by atoms with Crippen molar-refractivity contribution in [2.24, 2.45) is 18.2 Å². The van der Waals surface area contributed by atoms with E-state index in [4.69, 9.17) is 5.73 Å². The van der Waals surface area contributed by atoms with Crippen LogP contribution in [0.2, 0.25) is 0 Å². The lowest BCUT2D eigenvalue weighted by Crippen LogP contribution is -2.43. The summed E-state index contributed by atoms with van der Waals surface area (Å²) in [6.07, 6.45) is 7.60. The number of hydrogen-bond acceptors (Lipinski definition) is 3. The zero-order chi connectivity index (χ0) is 13.9. The molecule has 0 radical (unpaired) electrons. The van der Waals surface area contributed by atoms with E-state index in [-0.39, 0.29) is 11.3 Å². The Hall–Kier alpha value is -1.36. The molecule has 1 aliphatic rings. The lowest BCUT2D eigenvalue weighted by molar-refractivity contribution is 0.0913. The second kappa shape index (κ2) is 5.74. The minimum atomic E-state index is -0.0380. The molecule has 0 atom stereocenters. The summed E-state index contributed by atoms with van der Waals surface area (Å²) in [6, 6.07) is 0. The van der Waals surface area contributed by atoms with Crippen molar-refractivity contribution in [1.82, 2.24) is 15.1 Å². The van der Waals surface area contributed by atoms with Crippen LogP contribution in [0.5, 0.6) is 0 Å². The van der Waals surface area contributed by atoms with Crippen molar-refractivity contribution in [2.75, 3.05) is 13.1 Å². The first kappa shape index (κ1) is 14.1. The van der Waals surface area contributed by atoms with Gasteiger partial charge in [0.1, 0.15) is 0 Å². The van der Waals surface area contributed by atoms with Gasteiger partial charge in [-0.25, -0.2) is 0 Å². The molecule has 0 spiro atoms. The number of amides is 1. The van der Waals surface area contributed by atoms with Crippen molar-refractivity contribution in [3.63, 3.8) is 0 Å². The number of nitrogens with two attached hydrogens (primary N) is 1. The van der Waals surface area contributed by atoms with Crippen molar-refractivity contribution in [1.29, 1.82) is 0 Å². The highest BCUT2D eigenvalue weighted by Gasteiger charge is 2.31. The van der Waals surface area contributed by atoms with Gasteiger partial charge in [0.2, 0.25) is 0 Å². The zero-order valence-electron chi connectivity index (χ0n) is 11.9. The highest BCUT2D eigenvalue weighted by Crippen LogP contribution is 2.34. The number of carbonyl (C=O) groups is 1. The van der Waals surface area contributed by atoms with E-state index in [9.17, 15) is 4.79 Å². The molecule has 1 fully saturated rings. The summed E-state index contributed by atoms with van der Waals surface area (Å²) >= 11 is 0. The third-order valence-electron chi connectivity index (χ3n) is 4.45. The van der Waals surface area contributed by atoms with Gasteiger partial charge in [-0.05, 0) is 31.7 Å². The number of nitrogens with zero attached hydrogens (tertiary/aromatic N) is 2. The lowest BCUT2D eigenvalue weighted by Gasteiger charge is -2.36. The highest BCUT2D eigenvalue weighted by atomic mass is 16.1. The van der Waals surface area contributed by atoms with E-state index in [1.54, 1.807) is 10.9 Å². The van der Waals surface area contributed by atoms with Crippen LogP contribution in [0, 0.1) is 12.3 Å². The van der Waals surface area contributed by atoms with E-state index in [2.05, 4.69) is 10.4 Å². The molecule has 5 nitrogen and oxygen atoms in total. The van der Waals surface area contributed by atoms with E-state index in [0.29, 0.717) is 18.7 Å². The third kappa shape index (κ3) is 2.97. The van der Waals surface area contributed by atoms with Crippen LogP contribution in [-0.2, 0) is 7.05 Å². The Morgan fingerprint density at radius 1 is 1.47 bits per heavy atom. The average Bonchev–Trinajstić information content (AvgIpc) is 2.77. The molecule has 1 aliphatic carbocycles. The smallest absolute Gasteiger partial charge is 0.254 e. The van der Waals surface area contributed by atoms with E-state index in [1.807, 2.05) is 14.0 Å². The standard InChI is InChI=1S/C14H24N4O/c1-11-12(8-17-18(11)2)13(19)16-10-14(9-15)6-4-3-5-7-14/h8H,3-7,9-10,15H2,1-2H3,(H,16,19). The molecular weight excluding hydrogens is 240 g/mol. The summed E-state index contributed by atoms with van der Waals surface area (Å²) in [5.74, 6) is -0.0380. The van der Waals surface area contributed by atoms with Crippen LogP contribution in [0.3, 0.4) is 0 Å². The van der Waals surface area contributed by atoms with Crippen molar-refractivity contribution in [3.8, 4) is 0 Å². The van der Waals surface area contributed by atoms with E-state index in [0.717, 1.165) is 18.5 Å². The first-order chi connectivity index (χ1) is 9.08. The van der Waals surface area contributed by atoms with Gasteiger partial charge in [0, 0.05) is 19.3 Å². The van der Waals surface area contributed by atoms with Crippen LogP contribution < -0.4 is 11.1 Å². The van der Waals surface area contributed by atoms with Crippen LogP contribution >= 0.6 is 0 Å². The second-order valence-electron chi connectivity index (χ2n) is 5.71. The van der Waals surface area contributed by atoms with Gasteiger partial charge in [-0.3, -0.25) is 9.48 Å². The normalized spacial score (nSPS) is 18.3. The molecule has 0 aliphatic heterocycles. The van der Waals surface area contributed by atoms with Gasteiger partial charge in [-0.15, -0.1) is 0 Å². The quantitative estimate of drug-likeness (QED) is 0.862. The number of rotatable bonds is 4. The number of aryl methyl sites for hydroxylation is 1. The molecule has 5 heteroatoms. The minimum Gasteiger partial charge on any atom is -0.351 e. The highest BCUT2D eigenvalue weighted by molar-refractivity contribution is 5.95.